The lowest BCUT2D eigenvalue weighted by Crippen LogP contribution is -2.04. The van der Waals surface area contributed by atoms with E-state index in [2.05, 4.69) is 10.2 Å². The maximum Gasteiger partial charge on any atom is 0.196 e. The number of aromatic nitrogens is 3. The van der Waals surface area contributed by atoms with Crippen LogP contribution in [0.25, 0.3) is 17.1 Å². The van der Waals surface area contributed by atoms with Gasteiger partial charge in [0.1, 0.15) is 11.6 Å². The van der Waals surface area contributed by atoms with Crippen molar-refractivity contribution in [3.63, 3.8) is 0 Å². The lowest BCUT2D eigenvalue weighted by molar-refractivity contribution is 0.344. The average molecular weight is 420 g/mol. The lowest BCUT2D eigenvalue weighted by atomic mass is 10.2. The monoisotopic (exact) mass is 419 g/mol. The molecule has 0 radical (unpaired) electrons. The zero-order chi connectivity index (χ0) is 20.9. The van der Waals surface area contributed by atoms with E-state index in [1.807, 2.05) is 66.9 Å². The van der Waals surface area contributed by atoms with Crippen molar-refractivity contribution in [1.82, 2.24) is 14.8 Å². The summed E-state index contributed by atoms with van der Waals surface area (Å²) in [6.45, 7) is 4.61. The highest BCUT2D eigenvalue weighted by Crippen LogP contribution is 2.29. The van der Waals surface area contributed by atoms with Gasteiger partial charge in [-0.2, -0.15) is 0 Å². The van der Waals surface area contributed by atoms with Gasteiger partial charge in [-0.15, -0.1) is 10.2 Å². The largest absolute Gasteiger partial charge is 0.493 e. The Morgan fingerprint density at radius 1 is 0.867 bits per heavy atom. The zero-order valence-electron chi connectivity index (χ0n) is 16.9. The molecule has 0 aliphatic heterocycles. The fraction of sp³-hybridized carbons (Fsp3) is 0.167. The van der Waals surface area contributed by atoms with Crippen LogP contribution in [0.15, 0.2) is 78.0 Å². The molecule has 0 saturated carbocycles. The van der Waals surface area contributed by atoms with Crippen molar-refractivity contribution in [2.45, 2.75) is 19.0 Å². The first-order valence-corrected chi connectivity index (χ1v) is 10.7. The molecule has 1 heterocycles. The van der Waals surface area contributed by atoms with Crippen molar-refractivity contribution in [1.29, 1.82) is 0 Å². The lowest BCUT2D eigenvalue weighted by Gasteiger charge is -2.11. The minimum absolute atomic E-state index is 0.322. The number of ether oxygens (including phenoxy) is 1. The van der Waals surface area contributed by atoms with E-state index in [0.29, 0.717) is 28.9 Å². The standard InChI is InChI=1S/C24H22FN3OS/c1-17-7-11-19(12-8-17)28-23(21-5-3-4-6-22(21)25)26-27-24(28)30-16-15-29-20-13-9-18(2)10-14-20/h3-14H,15-16H2,1-2H3. The van der Waals surface area contributed by atoms with Gasteiger partial charge >= 0.3 is 0 Å². The molecule has 4 aromatic rings. The minimum atomic E-state index is -0.322. The van der Waals surface area contributed by atoms with Crippen molar-refractivity contribution in [3.8, 4) is 22.8 Å². The van der Waals surface area contributed by atoms with E-state index in [0.717, 1.165) is 17.0 Å². The van der Waals surface area contributed by atoms with Crippen LogP contribution in [0.4, 0.5) is 4.39 Å². The van der Waals surface area contributed by atoms with Gasteiger partial charge in [-0.1, -0.05) is 59.3 Å². The molecule has 0 N–H and O–H groups in total. The molecule has 1 aromatic heterocycles. The number of benzene rings is 3. The number of aryl methyl sites for hydroxylation is 2. The Balaban J connectivity index is 1.57. The normalized spacial score (nSPS) is 10.9. The van der Waals surface area contributed by atoms with E-state index in [1.54, 1.807) is 18.2 Å². The Hall–Kier alpha value is -3.12. The number of halogens is 1. The molecule has 4 rings (SSSR count). The van der Waals surface area contributed by atoms with Crippen LogP contribution in [-0.4, -0.2) is 27.1 Å². The van der Waals surface area contributed by atoms with E-state index in [1.165, 1.54) is 23.4 Å². The highest BCUT2D eigenvalue weighted by Gasteiger charge is 2.18. The number of nitrogens with zero attached hydrogens (tertiary/aromatic N) is 3. The number of hydrogen-bond acceptors (Lipinski definition) is 4. The summed E-state index contributed by atoms with van der Waals surface area (Å²) >= 11 is 1.53. The maximum absolute atomic E-state index is 14.5. The van der Waals surface area contributed by atoms with Gasteiger partial charge in [-0.3, -0.25) is 4.57 Å². The van der Waals surface area contributed by atoms with Gasteiger partial charge in [0.25, 0.3) is 0 Å². The van der Waals surface area contributed by atoms with Gasteiger partial charge in [-0.05, 0) is 50.2 Å². The first-order chi connectivity index (χ1) is 14.6. The van der Waals surface area contributed by atoms with Crippen molar-refractivity contribution < 1.29 is 9.13 Å². The van der Waals surface area contributed by atoms with E-state index in [4.69, 9.17) is 4.74 Å². The van der Waals surface area contributed by atoms with Crippen molar-refractivity contribution in [3.05, 3.63) is 89.7 Å². The Morgan fingerprint density at radius 3 is 2.23 bits per heavy atom. The number of hydrogen-bond donors (Lipinski definition) is 0. The fourth-order valence-electron chi connectivity index (χ4n) is 3.03. The van der Waals surface area contributed by atoms with Gasteiger partial charge < -0.3 is 4.74 Å². The molecule has 0 aliphatic carbocycles. The molecule has 152 valence electrons. The van der Waals surface area contributed by atoms with Crippen LogP contribution in [0, 0.1) is 19.7 Å². The summed E-state index contributed by atoms with van der Waals surface area (Å²) in [5.41, 5.74) is 3.67. The second-order valence-corrected chi connectivity index (χ2v) is 8.03. The SMILES string of the molecule is Cc1ccc(OCCSc2nnc(-c3ccccc3F)n2-c2ccc(C)cc2)cc1. The molecular weight excluding hydrogens is 397 g/mol. The molecule has 4 nitrogen and oxygen atoms in total. The van der Waals surface area contributed by atoms with E-state index >= 15 is 0 Å². The summed E-state index contributed by atoms with van der Waals surface area (Å²) in [6, 6.07) is 22.6. The van der Waals surface area contributed by atoms with Gasteiger partial charge in [0.15, 0.2) is 11.0 Å². The molecule has 3 aromatic carbocycles. The molecule has 0 saturated heterocycles. The first kappa shape index (κ1) is 20.2. The predicted octanol–water partition coefficient (Wildman–Crippen LogP) is 5.86. The second kappa shape index (κ2) is 9.13. The summed E-state index contributed by atoms with van der Waals surface area (Å²) in [5, 5.41) is 9.34. The van der Waals surface area contributed by atoms with Gasteiger partial charge in [0.2, 0.25) is 0 Å². The Bertz CT molecular complexity index is 1120. The van der Waals surface area contributed by atoms with Crippen molar-refractivity contribution in [2.24, 2.45) is 0 Å². The summed E-state index contributed by atoms with van der Waals surface area (Å²) in [5.74, 6) is 1.69. The number of thioether (sulfide) groups is 1. The summed E-state index contributed by atoms with van der Waals surface area (Å²) in [6.07, 6.45) is 0. The molecule has 0 spiro atoms. The summed E-state index contributed by atoms with van der Waals surface area (Å²) in [4.78, 5) is 0. The maximum atomic E-state index is 14.5. The number of rotatable bonds is 7. The second-order valence-electron chi connectivity index (χ2n) is 6.97. The quantitative estimate of drug-likeness (QED) is 0.278. The van der Waals surface area contributed by atoms with Crippen LogP contribution < -0.4 is 4.74 Å². The van der Waals surface area contributed by atoms with Crippen LogP contribution in [0.5, 0.6) is 5.75 Å². The van der Waals surface area contributed by atoms with E-state index in [9.17, 15) is 4.39 Å². The Morgan fingerprint density at radius 2 is 1.53 bits per heavy atom. The van der Waals surface area contributed by atoms with Crippen molar-refractivity contribution in [2.75, 3.05) is 12.4 Å². The third-order valence-corrected chi connectivity index (χ3v) is 5.54. The average Bonchev–Trinajstić information content (AvgIpc) is 3.17. The molecule has 0 bridgehead atoms. The van der Waals surface area contributed by atoms with Gasteiger partial charge in [0, 0.05) is 11.4 Å². The summed E-state index contributed by atoms with van der Waals surface area (Å²) in [7, 11) is 0. The van der Waals surface area contributed by atoms with Crippen LogP contribution in [0.1, 0.15) is 11.1 Å². The highest BCUT2D eigenvalue weighted by atomic mass is 32.2. The van der Waals surface area contributed by atoms with Crippen LogP contribution in [0.2, 0.25) is 0 Å². The molecule has 30 heavy (non-hydrogen) atoms. The smallest absolute Gasteiger partial charge is 0.196 e. The molecule has 0 aliphatic rings. The first-order valence-electron chi connectivity index (χ1n) is 9.71. The van der Waals surface area contributed by atoms with E-state index < -0.39 is 0 Å². The van der Waals surface area contributed by atoms with Crippen molar-refractivity contribution >= 4 is 11.8 Å². The highest BCUT2D eigenvalue weighted by molar-refractivity contribution is 7.99. The van der Waals surface area contributed by atoms with E-state index in [-0.39, 0.29) is 5.82 Å². The molecule has 0 amide bonds. The molecule has 6 heteroatoms. The third kappa shape index (κ3) is 4.54. The summed E-state index contributed by atoms with van der Waals surface area (Å²) < 4.78 is 22.2. The van der Waals surface area contributed by atoms with Gasteiger partial charge in [-0.25, -0.2) is 4.39 Å². The topological polar surface area (TPSA) is 39.9 Å². The van der Waals surface area contributed by atoms with Gasteiger partial charge in [0.05, 0.1) is 12.2 Å². The minimum Gasteiger partial charge on any atom is -0.493 e. The molecule has 0 atom stereocenters. The van der Waals surface area contributed by atoms with Crippen LogP contribution in [-0.2, 0) is 0 Å². The third-order valence-electron chi connectivity index (χ3n) is 4.64. The Kier molecular flexibility index (Phi) is 6.14. The molecule has 0 unspecified atom stereocenters. The van der Waals surface area contributed by atoms with Crippen LogP contribution in [0.3, 0.4) is 0 Å². The predicted molar refractivity (Wildman–Crippen MR) is 119 cm³/mol. The van der Waals surface area contributed by atoms with Crippen LogP contribution >= 0.6 is 11.8 Å². The molecule has 0 fully saturated rings. The molecular formula is C24H22FN3OS. The zero-order valence-corrected chi connectivity index (χ0v) is 17.7. The Labute approximate surface area is 179 Å². The fourth-order valence-corrected chi connectivity index (χ4v) is 3.80.